The van der Waals surface area contributed by atoms with E-state index < -0.39 is 0 Å². The van der Waals surface area contributed by atoms with Crippen LogP contribution in [0.15, 0.2) is 35.4 Å². The third-order valence-electron chi connectivity index (χ3n) is 3.14. The average molecular weight is 307 g/mol. The first-order chi connectivity index (χ1) is 10.6. The summed E-state index contributed by atoms with van der Waals surface area (Å²) in [6.45, 7) is 3.22. The maximum absolute atomic E-state index is 12.0. The quantitative estimate of drug-likeness (QED) is 0.635. The lowest BCUT2D eigenvalue weighted by Crippen LogP contribution is -2.07. The van der Waals surface area contributed by atoms with E-state index in [1.165, 1.54) is 18.7 Å². The Balaban J connectivity index is 2.82. The van der Waals surface area contributed by atoms with Crippen LogP contribution in [0.1, 0.15) is 28.5 Å². The standard InChI is InChI=1S/C17H13N3OS/c1-11-15(12(2)21)16(13-6-4-3-5-7-13)14(10-19)17(20-11)22-9-8-18/h3-7H,9H2,1-2H3. The Kier molecular flexibility index (Phi) is 4.93. The molecule has 0 unspecified atom stereocenters. The molecule has 0 saturated carbocycles. The number of hydrogen-bond acceptors (Lipinski definition) is 5. The van der Waals surface area contributed by atoms with Gasteiger partial charge in [-0.1, -0.05) is 42.1 Å². The van der Waals surface area contributed by atoms with Crippen LogP contribution >= 0.6 is 11.8 Å². The maximum Gasteiger partial charge on any atom is 0.162 e. The number of carbonyl (C=O) groups is 1. The number of carbonyl (C=O) groups excluding carboxylic acids is 1. The Hall–Kier alpha value is -2.63. The molecule has 0 saturated heterocycles. The van der Waals surface area contributed by atoms with E-state index in [0.29, 0.717) is 27.4 Å². The van der Waals surface area contributed by atoms with Gasteiger partial charge in [0.05, 0.1) is 23.1 Å². The Morgan fingerprint density at radius 1 is 1.27 bits per heavy atom. The zero-order valence-electron chi connectivity index (χ0n) is 12.3. The molecular weight excluding hydrogens is 294 g/mol. The van der Waals surface area contributed by atoms with Gasteiger partial charge < -0.3 is 0 Å². The summed E-state index contributed by atoms with van der Waals surface area (Å²) in [5.74, 6) is 0.0755. The molecule has 0 aliphatic rings. The van der Waals surface area contributed by atoms with E-state index in [1.54, 1.807) is 6.92 Å². The third-order valence-corrected chi connectivity index (χ3v) is 3.99. The number of aryl methyl sites for hydroxylation is 1. The molecule has 0 radical (unpaired) electrons. The molecule has 5 heteroatoms. The van der Waals surface area contributed by atoms with Gasteiger partial charge in [-0.15, -0.1) is 0 Å². The van der Waals surface area contributed by atoms with Gasteiger partial charge in [-0.2, -0.15) is 10.5 Å². The summed E-state index contributed by atoms with van der Waals surface area (Å²) in [7, 11) is 0. The lowest BCUT2D eigenvalue weighted by molar-refractivity contribution is 0.101. The molecular formula is C17H13N3OS. The Labute approximate surface area is 133 Å². The van der Waals surface area contributed by atoms with Gasteiger partial charge in [-0.25, -0.2) is 4.98 Å². The molecule has 108 valence electrons. The van der Waals surface area contributed by atoms with Crippen LogP contribution in [0, 0.1) is 29.6 Å². The largest absolute Gasteiger partial charge is 0.294 e. The van der Waals surface area contributed by atoms with Crippen LogP contribution in [-0.4, -0.2) is 16.5 Å². The van der Waals surface area contributed by atoms with Gasteiger partial charge in [-0.3, -0.25) is 4.79 Å². The van der Waals surface area contributed by atoms with E-state index in [2.05, 4.69) is 11.1 Å². The fourth-order valence-electron chi connectivity index (χ4n) is 2.31. The average Bonchev–Trinajstić information content (AvgIpc) is 2.52. The van der Waals surface area contributed by atoms with Crippen LogP contribution in [0.4, 0.5) is 0 Å². The number of ketones is 1. The van der Waals surface area contributed by atoms with Crippen LogP contribution in [0.3, 0.4) is 0 Å². The first-order valence-corrected chi connectivity index (χ1v) is 7.59. The molecule has 0 bridgehead atoms. The van der Waals surface area contributed by atoms with Crippen LogP contribution in [0.5, 0.6) is 0 Å². The van der Waals surface area contributed by atoms with Crippen molar-refractivity contribution in [3.05, 3.63) is 47.2 Å². The zero-order chi connectivity index (χ0) is 16.1. The van der Waals surface area contributed by atoms with Gasteiger partial charge >= 0.3 is 0 Å². The minimum atomic E-state index is -0.128. The SMILES string of the molecule is CC(=O)c1c(C)nc(SCC#N)c(C#N)c1-c1ccccc1. The molecule has 4 nitrogen and oxygen atoms in total. The number of thioether (sulfide) groups is 1. The molecule has 0 aliphatic carbocycles. The van der Waals surface area contributed by atoms with Crippen molar-refractivity contribution in [2.24, 2.45) is 0 Å². The van der Waals surface area contributed by atoms with Crippen molar-refractivity contribution in [2.45, 2.75) is 18.9 Å². The van der Waals surface area contributed by atoms with Gasteiger partial charge in [0.15, 0.2) is 5.78 Å². The number of hydrogen-bond donors (Lipinski definition) is 0. The molecule has 0 spiro atoms. The third kappa shape index (κ3) is 3.00. The van der Waals surface area contributed by atoms with Crippen LogP contribution < -0.4 is 0 Å². The second kappa shape index (κ2) is 6.89. The van der Waals surface area contributed by atoms with Gasteiger partial charge in [0, 0.05) is 11.1 Å². The monoisotopic (exact) mass is 307 g/mol. The predicted octanol–water partition coefficient (Wildman–Crippen LogP) is 3.75. The van der Waals surface area contributed by atoms with Crippen molar-refractivity contribution >= 4 is 17.5 Å². The lowest BCUT2D eigenvalue weighted by Gasteiger charge is -2.14. The highest BCUT2D eigenvalue weighted by Crippen LogP contribution is 2.34. The summed E-state index contributed by atoms with van der Waals surface area (Å²) in [5, 5.41) is 18.8. The summed E-state index contributed by atoms with van der Waals surface area (Å²) in [6.07, 6.45) is 0. The highest BCUT2D eigenvalue weighted by molar-refractivity contribution is 7.99. The molecule has 0 fully saturated rings. The number of nitrogens with zero attached hydrogens (tertiary/aromatic N) is 3. The van der Waals surface area contributed by atoms with E-state index in [9.17, 15) is 10.1 Å². The summed E-state index contributed by atoms with van der Waals surface area (Å²) < 4.78 is 0. The second-order valence-corrected chi connectivity index (χ2v) is 5.57. The van der Waals surface area contributed by atoms with Gasteiger partial charge in [0.2, 0.25) is 0 Å². The summed E-state index contributed by atoms with van der Waals surface area (Å²) in [5.41, 5.74) is 2.79. The molecule has 2 aromatic rings. The molecule has 22 heavy (non-hydrogen) atoms. The minimum absolute atomic E-state index is 0.128. The normalized spacial score (nSPS) is 9.82. The maximum atomic E-state index is 12.0. The first-order valence-electron chi connectivity index (χ1n) is 6.61. The number of Topliss-reactive ketones (excluding diaryl/α,β-unsaturated/α-hetero) is 1. The molecule has 2 rings (SSSR count). The topological polar surface area (TPSA) is 77.5 Å². The Morgan fingerprint density at radius 2 is 1.95 bits per heavy atom. The van der Waals surface area contributed by atoms with Gasteiger partial charge in [0.1, 0.15) is 11.1 Å². The lowest BCUT2D eigenvalue weighted by atomic mass is 9.93. The summed E-state index contributed by atoms with van der Waals surface area (Å²) in [6, 6.07) is 13.5. The number of nitriles is 2. The predicted molar refractivity (Wildman–Crippen MR) is 85.5 cm³/mol. The van der Waals surface area contributed by atoms with E-state index in [0.717, 1.165) is 5.56 Å². The van der Waals surface area contributed by atoms with Gasteiger partial charge in [0.25, 0.3) is 0 Å². The van der Waals surface area contributed by atoms with Crippen molar-refractivity contribution in [1.29, 1.82) is 10.5 Å². The molecule has 1 heterocycles. The van der Waals surface area contributed by atoms with E-state index >= 15 is 0 Å². The molecule has 0 atom stereocenters. The summed E-state index contributed by atoms with van der Waals surface area (Å²) in [4.78, 5) is 16.4. The molecule has 1 aromatic heterocycles. The molecule has 0 aliphatic heterocycles. The Morgan fingerprint density at radius 3 is 2.50 bits per heavy atom. The van der Waals surface area contributed by atoms with Crippen molar-refractivity contribution in [1.82, 2.24) is 4.98 Å². The fourth-order valence-corrected chi connectivity index (χ4v) is 3.00. The summed E-state index contributed by atoms with van der Waals surface area (Å²) >= 11 is 1.21. The van der Waals surface area contributed by atoms with Crippen molar-refractivity contribution in [2.75, 3.05) is 5.75 Å². The van der Waals surface area contributed by atoms with Crippen molar-refractivity contribution in [3.8, 4) is 23.3 Å². The van der Waals surface area contributed by atoms with E-state index in [1.807, 2.05) is 36.4 Å². The molecule has 1 aromatic carbocycles. The van der Waals surface area contributed by atoms with Crippen LogP contribution in [-0.2, 0) is 0 Å². The van der Waals surface area contributed by atoms with Crippen LogP contribution in [0.2, 0.25) is 0 Å². The fraction of sp³-hybridized carbons (Fsp3) is 0.176. The number of pyridine rings is 1. The highest BCUT2D eigenvalue weighted by Gasteiger charge is 2.21. The number of benzene rings is 1. The van der Waals surface area contributed by atoms with Crippen molar-refractivity contribution in [3.63, 3.8) is 0 Å². The number of rotatable bonds is 4. The Bertz CT molecular complexity index is 801. The number of aromatic nitrogens is 1. The van der Waals surface area contributed by atoms with Crippen LogP contribution in [0.25, 0.3) is 11.1 Å². The smallest absolute Gasteiger partial charge is 0.162 e. The van der Waals surface area contributed by atoms with E-state index in [-0.39, 0.29) is 11.5 Å². The van der Waals surface area contributed by atoms with Gasteiger partial charge in [-0.05, 0) is 19.4 Å². The minimum Gasteiger partial charge on any atom is -0.294 e. The first kappa shape index (κ1) is 15.8. The van der Waals surface area contributed by atoms with Crippen molar-refractivity contribution < 1.29 is 4.79 Å². The van der Waals surface area contributed by atoms with E-state index in [4.69, 9.17) is 5.26 Å². The highest BCUT2D eigenvalue weighted by atomic mass is 32.2. The second-order valence-electron chi connectivity index (χ2n) is 4.61. The zero-order valence-corrected chi connectivity index (χ0v) is 13.1. The molecule has 0 N–H and O–H groups in total. The molecule has 0 amide bonds.